The summed E-state index contributed by atoms with van der Waals surface area (Å²) >= 11 is 1.64. The molecule has 45 heavy (non-hydrogen) atoms. The number of rotatable bonds is 13. The van der Waals surface area contributed by atoms with Crippen LogP contribution in [0.4, 0.5) is 11.4 Å². The molecule has 2 bridgehead atoms. The van der Waals surface area contributed by atoms with E-state index in [1.807, 2.05) is 56.3 Å². The van der Waals surface area contributed by atoms with Gasteiger partial charge in [-0.15, -0.1) is 24.9 Å². The molecule has 2 unspecified atom stereocenters. The van der Waals surface area contributed by atoms with Crippen molar-refractivity contribution in [2.45, 2.75) is 61.6 Å². The van der Waals surface area contributed by atoms with Gasteiger partial charge in [0.2, 0.25) is 11.8 Å². The molecule has 7 atom stereocenters. The number of likely N-dealkylation sites (tertiary alicyclic amines) is 1. The maximum absolute atomic E-state index is 15.0. The van der Waals surface area contributed by atoms with Gasteiger partial charge < -0.3 is 24.5 Å². The van der Waals surface area contributed by atoms with Crippen LogP contribution >= 0.6 is 11.8 Å². The number of hydrogen-bond acceptors (Lipinski definition) is 6. The largest absolute Gasteiger partial charge is 0.497 e. The van der Waals surface area contributed by atoms with Crippen molar-refractivity contribution in [1.29, 1.82) is 0 Å². The Morgan fingerprint density at radius 1 is 1.04 bits per heavy atom. The van der Waals surface area contributed by atoms with Gasteiger partial charge in [0.05, 0.1) is 36.3 Å². The standard InChI is InChI=1S/C36H45N3O5S/c1-7-21-37(25-13-11-10-12-14-25)32(41)29-30-33(42)39(28(23-40)24(4)9-3)31(36(30)20-19-35(29,5)45-36)34(43)38(22-8-2)26-15-17-27(44-6)18-16-26/h7-8,10-18,24,28-31,40H,1-2,9,19-23H2,3-6H3/t24-,28-,29+,30-,31?,35-,36?/m0/s1. The molecule has 9 heteroatoms. The fourth-order valence-electron chi connectivity index (χ4n) is 7.78. The zero-order chi connectivity index (χ0) is 32.5. The highest BCUT2D eigenvalue weighted by molar-refractivity contribution is 8.02. The lowest BCUT2D eigenvalue weighted by Gasteiger charge is -2.41. The maximum Gasteiger partial charge on any atom is 0.251 e. The summed E-state index contributed by atoms with van der Waals surface area (Å²) in [6, 6.07) is 15.3. The molecule has 3 saturated heterocycles. The van der Waals surface area contributed by atoms with Gasteiger partial charge in [-0.25, -0.2) is 0 Å². The topological polar surface area (TPSA) is 90.4 Å². The number of anilines is 2. The summed E-state index contributed by atoms with van der Waals surface area (Å²) in [4.78, 5) is 49.6. The van der Waals surface area contributed by atoms with E-state index in [1.165, 1.54) is 0 Å². The molecule has 3 heterocycles. The van der Waals surface area contributed by atoms with Crippen LogP contribution < -0.4 is 14.5 Å². The molecule has 2 aromatic rings. The second-order valence-corrected chi connectivity index (χ2v) is 14.5. The van der Waals surface area contributed by atoms with E-state index in [4.69, 9.17) is 4.74 Å². The molecule has 0 radical (unpaired) electrons. The van der Waals surface area contributed by atoms with Crippen molar-refractivity contribution in [1.82, 2.24) is 4.90 Å². The van der Waals surface area contributed by atoms with E-state index < -0.39 is 33.4 Å². The van der Waals surface area contributed by atoms with Crippen LogP contribution in [0, 0.1) is 17.8 Å². The molecule has 5 rings (SSSR count). The van der Waals surface area contributed by atoms with Crippen molar-refractivity contribution < 1.29 is 24.2 Å². The molecular formula is C36H45N3O5S. The average molecular weight is 632 g/mol. The van der Waals surface area contributed by atoms with Crippen LogP contribution in [0.5, 0.6) is 5.75 Å². The highest BCUT2D eigenvalue weighted by Crippen LogP contribution is 2.72. The van der Waals surface area contributed by atoms with Crippen LogP contribution in [0.2, 0.25) is 0 Å². The first kappa shape index (κ1) is 32.8. The number of ether oxygens (including phenoxy) is 1. The molecule has 0 saturated carbocycles. The number of hydrogen-bond donors (Lipinski definition) is 1. The van der Waals surface area contributed by atoms with E-state index >= 15 is 0 Å². The summed E-state index contributed by atoms with van der Waals surface area (Å²) in [5.74, 6) is -1.33. The van der Waals surface area contributed by atoms with Crippen molar-refractivity contribution in [2.75, 3.05) is 36.6 Å². The Balaban J connectivity index is 1.64. The van der Waals surface area contributed by atoms with Crippen molar-refractivity contribution in [3.8, 4) is 5.75 Å². The Bertz CT molecular complexity index is 1430. The smallest absolute Gasteiger partial charge is 0.251 e. The van der Waals surface area contributed by atoms with Gasteiger partial charge in [-0.3, -0.25) is 14.4 Å². The molecule has 0 aliphatic carbocycles. The number of fused-ring (bicyclic) bond motifs is 1. The number of aliphatic hydroxyl groups is 1. The number of nitrogens with zero attached hydrogens (tertiary/aromatic N) is 3. The number of aliphatic hydroxyl groups excluding tert-OH is 1. The third kappa shape index (κ3) is 5.37. The predicted octanol–water partition coefficient (Wildman–Crippen LogP) is 5.32. The van der Waals surface area contributed by atoms with E-state index in [0.29, 0.717) is 30.8 Å². The first-order chi connectivity index (χ1) is 21.6. The summed E-state index contributed by atoms with van der Waals surface area (Å²) in [6.45, 7) is 14.2. The molecule has 3 fully saturated rings. The summed E-state index contributed by atoms with van der Waals surface area (Å²) in [7, 11) is 1.59. The molecule has 240 valence electrons. The van der Waals surface area contributed by atoms with Crippen LogP contribution in [-0.2, 0) is 14.4 Å². The van der Waals surface area contributed by atoms with Crippen molar-refractivity contribution in [2.24, 2.45) is 17.8 Å². The number of carbonyl (C=O) groups excluding carboxylic acids is 3. The van der Waals surface area contributed by atoms with Gasteiger partial charge >= 0.3 is 0 Å². The van der Waals surface area contributed by atoms with E-state index in [1.54, 1.807) is 57.9 Å². The second-order valence-electron chi connectivity index (χ2n) is 12.6. The molecule has 3 aliphatic heterocycles. The second kappa shape index (κ2) is 13.0. The van der Waals surface area contributed by atoms with Gasteiger partial charge in [-0.2, -0.15) is 0 Å². The minimum absolute atomic E-state index is 0.0631. The quantitative estimate of drug-likeness (QED) is 0.301. The Morgan fingerprint density at radius 2 is 1.64 bits per heavy atom. The maximum atomic E-state index is 15.0. The third-order valence-electron chi connectivity index (χ3n) is 10.2. The minimum Gasteiger partial charge on any atom is -0.497 e. The van der Waals surface area contributed by atoms with Gasteiger partial charge in [0.25, 0.3) is 5.91 Å². The Kier molecular flexibility index (Phi) is 9.52. The lowest BCUT2D eigenvalue weighted by Crippen LogP contribution is -2.58. The van der Waals surface area contributed by atoms with Gasteiger partial charge in [-0.05, 0) is 62.1 Å². The van der Waals surface area contributed by atoms with Crippen LogP contribution in [0.1, 0.15) is 40.0 Å². The molecular weight excluding hydrogens is 586 g/mol. The SMILES string of the molecule is C=CCN(C(=O)C1N([C@@H](CO)[C@@H](C)CC)C(=O)[C@@H]2[C@H](C(=O)N(CC=C)c3ccccc3)[C@]3(C)CCC12S3)c1ccc(OC)cc1. The number of para-hydroxylation sites is 1. The van der Waals surface area contributed by atoms with Crippen LogP contribution in [0.15, 0.2) is 79.9 Å². The fourth-order valence-corrected chi connectivity index (χ4v) is 10.1. The van der Waals surface area contributed by atoms with Crippen molar-refractivity contribution >= 4 is 40.9 Å². The third-order valence-corrected chi connectivity index (χ3v) is 12.2. The van der Waals surface area contributed by atoms with Gasteiger partial charge in [-0.1, -0.05) is 50.6 Å². The summed E-state index contributed by atoms with van der Waals surface area (Å²) in [6.07, 6.45) is 5.42. The first-order valence-electron chi connectivity index (χ1n) is 15.8. The molecule has 1 spiro atoms. The number of thioether (sulfide) groups is 1. The number of carbonyl (C=O) groups is 3. The molecule has 3 amide bonds. The monoisotopic (exact) mass is 631 g/mol. The van der Waals surface area contributed by atoms with Gasteiger partial charge in [0, 0.05) is 29.2 Å². The van der Waals surface area contributed by atoms with Crippen molar-refractivity contribution in [3.63, 3.8) is 0 Å². The van der Waals surface area contributed by atoms with E-state index in [-0.39, 0.29) is 36.8 Å². The molecule has 2 aromatic carbocycles. The average Bonchev–Trinajstić information content (AvgIpc) is 3.63. The lowest BCUT2D eigenvalue weighted by molar-refractivity contribution is -0.143. The van der Waals surface area contributed by atoms with Crippen LogP contribution in [0.25, 0.3) is 0 Å². The molecule has 8 nitrogen and oxygen atoms in total. The van der Waals surface area contributed by atoms with Crippen LogP contribution in [0.3, 0.4) is 0 Å². The zero-order valence-electron chi connectivity index (χ0n) is 26.7. The summed E-state index contributed by atoms with van der Waals surface area (Å²) < 4.78 is 3.98. The summed E-state index contributed by atoms with van der Waals surface area (Å²) in [5.41, 5.74) is 1.40. The van der Waals surface area contributed by atoms with Crippen LogP contribution in [-0.4, -0.2) is 76.1 Å². The van der Waals surface area contributed by atoms with E-state index in [0.717, 1.165) is 12.1 Å². The fraction of sp³-hybridized carbons (Fsp3) is 0.472. The zero-order valence-corrected chi connectivity index (χ0v) is 27.5. The van der Waals surface area contributed by atoms with Gasteiger partial charge in [0.15, 0.2) is 0 Å². The van der Waals surface area contributed by atoms with E-state index in [9.17, 15) is 19.5 Å². The number of amides is 3. The normalized spacial score (nSPS) is 27.9. The highest BCUT2D eigenvalue weighted by Gasteiger charge is 2.78. The number of methoxy groups -OCH3 is 1. The predicted molar refractivity (Wildman–Crippen MR) is 180 cm³/mol. The highest BCUT2D eigenvalue weighted by atomic mass is 32.2. The Morgan fingerprint density at radius 3 is 2.20 bits per heavy atom. The summed E-state index contributed by atoms with van der Waals surface area (Å²) in [5, 5.41) is 10.7. The Hall–Kier alpha value is -3.56. The van der Waals surface area contributed by atoms with Crippen molar-refractivity contribution in [3.05, 3.63) is 79.9 Å². The van der Waals surface area contributed by atoms with E-state index in [2.05, 4.69) is 20.1 Å². The molecule has 3 aliphatic rings. The molecule has 0 aromatic heterocycles. The van der Waals surface area contributed by atoms with Gasteiger partial charge in [0.1, 0.15) is 11.8 Å². The lowest BCUT2D eigenvalue weighted by atomic mass is 9.66. The minimum atomic E-state index is -0.864. The first-order valence-corrected chi connectivity index (χ1v) is 16.6. The number of benzene rings is 2. The Labute approximate surface area is 271 Å². The molecule has 1 N–H and O–H groups in total.